The van der Waals surface area contributed by atoms with Crippen molar-refractivity contribution >= 4 is 10.8 Å². The summed E-state index contributed by atoms with van der Waals surface area (Å²) in [4.78, 5) is 3.24. The molecule has 0 amide bonds. The summed E-state index contributed by atoms with van der Waals surface area (Å²) in [6.07, 6.45) is 3.88. The van der Waals surface area contributed by atoms with E-state index < -0.39 is 10.8 Å². The second kappa shape index (κ2) is 7.67. The van der Waals surface area contributed by atoms with Crippen LogP contribution in [0.25, 0.3) is 0 Å². The van der Waals surface area contributed by atoms with Gasteiger partial charge < -0.3 is 4.74 Å². The summed E-state index contributed by atoms with van der Waals surface area (Å²) in [5.74, 6) is 0.665. The highest BCUT2D eigenvalue weighted by molar-refractivity contribution is 7.85. The Balaban J connectivity index is 1.47. The lowest BCUT2D eigenvalue weighted by atomic mass is 10.2. The third-order valence-electron chi connectivity index (χ3n) is 3.77. The maximum absolute atomic E-state index is 12.3. The van der Waals surface area contributed by atoms with Crippen molar-refractivity contribution < 1.29 is 8.95 Å². The molecule has 2 aromatic rings. The summed E-state index contributed by atoms with van der Waals surface area (Å²) < 4.78 is 20.0. The molecule has 0 saturated carbocycles. The van der Waals surface area contributed by atoms with Crippen LogP contribution in [0, 0.1) is 0 Å². The van der Waals surface area contributed by atoms with Gasteiger partial charge >= 0.3 is 0 Å². The number of aromatic nitrogens is 2. The Bertz CT molecular complexity index is 589. The van der Waals surface area contributed by atoms with Crippen LogP contribution in [-0.2, 0) is 22.1 Å². The van der Waals surface area contributed by atoms with Gasteiger partial charge in [0.1, 0.15) is 0 Å². The van der Waals surface area contributed by atoms with E-state index in [0.29, 0.717) is 5.75 Å². The fraction of sp³-hybridized carbons (Fsp3) is 0.438. The van der Waals surface area contributed by atoms with Gasteiger partial charge in [0.05, 0.1) is 30.1 Å². The summed E-state index contributed by atoms with van der Waals surface area (Å²) in [5.41, 5.74) is 0. The Labute approximate surface area is 133 Å². The predicted molar refractivity (Wildman–Crippen MR) is 86.1 cm³/mol. The first-order valence-corrected chi connectivity index (χ1v) is 8.88. The zero-order valence-corrected chi connectivity index (χ0v) is 13.3. The Morgan fingerprint density at radius 2 is 2.14 bits per heavy atom. The normalized spacial score (nSPS) is 20.8. The highest BCUT2D eigenvalue weighted by atomic mass is 32.2. The summed E-state index contributed by atoms with van der Waals surface area (Å²) in [7, 11) is -0.928. The van der Waals surface area contributed by atoms with Crippen LogP contribution in [0.1, 0.15) is 0 Å². The average molecular weight is 319 g/mol. The fourth-order valence-corrected chi connectivity index (χ4v) is 3.73. The van der Waals surface area contributed by atoms with E-state index >= 15 is 0 Å². The fourth-order valence-electron chi connectivity index (χ4n) is 2.61. The number of morpholine rings is 1. The molecule has 0 unspecified atom stereocenters. The number of hydrogen-bond donors (Lipinski definition) is 0. The van der Waals surface area contributed by atoms with Gasteiger partial charge in [-0.2, -0.15) is 5.10 Å². The third kappa shape index (κ3) is 4.25. The molecule has 1 fully saturated rings. The molecule has 1 aliphatic rings. The Morgan fingerprint density at radius 3 is 2.91 bits per heavy atom. The zero-order chi connectivity index (χ0) is 15.2. The Morgan fingerprint density at radius 1 is 1.27 bits per heavy atom. The Kier molecular flexibility index (Phi) is 5.37. The molecule has 2 atom stereocenters. The molecule has 5 nitrogen and oxygen atoms in total. The van der Waals surface area contributed by atoms with Gasteiger partial charge in [0.25, 0.3) is 0 Å². The zero-order valence-electron chi connectivity index (χ0n) is 12.5. The van der Waals surface area contributed by atoms with Gasteiger partial charge in [-0.1, -0.05) is 18.2 Å². The topological polar surface area (TPSA) is 47.4 Å². The molecule has 1 aliphatic heterocycles. The standard InChI is InChI=1S/C16H21N3O2S/c20-22(16-5-2-1-3-6-16)12-10-18-9-11-21-15(13-18)14-19-8-4-7-17-19/h1-8,15H,9-14H2/t15-,22-/m1/s1. The van der Waals surface area contributed by atoms with Gasteiger partial charge in [-0.05, 0) is 18.2 Å². The molecule has 22 heavy (non-hydrogen) atoms. The van der Waals surface area contributed by atoms with E-state index in [-0.39, 0.29) is 6.10 Å². The Hall–Kier alpha value is -1.50. The van der Waals surface area contributed by atoms with E-state index in [1.165, 1.54) is 0 Å². The molecular weight excluding hydrogens is 298 g/mol. The summed E-state index contributed by atoms with van der Waals surface area (Å²) >= 11 is 0. The van der Waals surface area contributed by atoms with Gasteiger partial charge in [0, 0.05) is 42.7 Å². The van der Waals surface area contributed by atoms with Crippen LogP contribution in [-0.4, -0.2) is 57.0 Å². The van der Waals surface area contributed by atoms with Crippen LogP contribution in [0.3, 0.4) is 0 Å². The monoisotopic (exact) mass is 319 g/mol. The molecule has 1 aromatic heterocycles. The van der Waals surface area contributed by atoms with Crippen LogP contribution in [0.4, 0.5) is 0 Å². The number of rotatable bonds is 6. The molecule has 0 bridgehead atoms. The maximum atomic E-state index is 12.3. The van der Waals surface area contributed by atoms with Crippen molar-refractivity contribution in [3.05, 3.63) is 48.8 Å². The van der Waals surface area contributed by atoms with Gasteiger partial charge in [-0.3, -0.25) is 13.8 Å². The quantitative estimate of drug-likeness (QED) is 0.807. The maximum Gasteiger partial charge on any atom is 0.0898 e. The van der Waals surface area contributed by atoms with E-state index in [4.69, 9.17) is 4.74 Å². The molecule has 0 N–H and O–H groups in total. The van der Waals surface area contributed by atoms with E-state index in [1.807, 2.05) is 47.3 Å². The second-order valence-electron chi connectivity index (χ2n) is 5.38. The minimum Gasteiger partial charge on any atom is -0.374 e. The van der Waals surface area contributed by atoms with Crippen LogP contribution >= 0.6 is 0 Å². The second-order valence-corrected chi connectivity index (χ2v) is 6.95. The summed E-state index contributed by atoms with van der Waals surface area (Å²) in [6, 6.07) is 11.6. The van der Waals surface area contributed by atoms with Crippen LogP contribution < -0.4 is 0 Å². The van der Waals surface area contributed by atoms with E-state index in [0.717, 1.165) is 37.7 Å². The predicted octanol–water partition coefficient (Wildman–Crippen LogP) is 1.39. The number of benzene rings is 1. The molecule has 1 aromatic carbocycles. The smallest absolute Gasteiger partial charge is 0.0898 e. The lowest BCUT2D eigenvalue weighted by Crippen LogP contribution is -2.45. The van der Waals surface area contributed by atoms with Crippen LogP contribution in [0.5, 0.6) is 0 Å². The van der Waals surface area contributed by atoms with Crippen molar-refractivity contribution in [2.45, 2.75) is 17.5 Å². The number of ether oxygens (including phenoxy) is 1. The molecule has 0 spiro atoms. The first-order chi connectivity index (χ1) is 10.8. The number of hydrogen-bond acceptors (Lipinski definition) is 4. The lowest BCUT2D eigenvalue weighted by molar-refractivity contribution is -0.0355. The highest BCUT2D eigenvalue weighted by Crippen LogP contribution is 2.10. The number of nitrogens with zero attached hydrogens (tertiary/aromatic N) is 3. The van der Waals surface area contributed by atoms with E-state index in [9.17, 15) is 4.21 Å². The lowest BCUT2D eigenvalue weighted by Gasteiger charge is -2.32. The van der Waals surface area contributed by atoms with Gasteiger partial charge in [0.15, 0.2) is 0 Å². The summed E-state index contributed by atoms with van der Waals surface area (Å²) in [6.45, 7) is 4.10. The van der Waals surface area contributed by atoms with Gasteiger partial charge in [0.2, 0.25) is 0 Å². The van der Waals surface area contributed by atoms with Crippen molar-refractivity contribution in [3.8, 4) is 0 Å². The minimum absolute atomic E-state index is 0.152. The van der Waals surface area contributed by atoms with Crippen molar-refractivity contribution in [2.75, 3.05) is 32.0 Å². The SMILES string of the molecule is O=[S@](CCN1CCO[C@@H](Cn2cccn2)C1)c1ccccc1. The van der Waals surface area contributed by atoms with Crippen molar-refractivity contribution in [2.24, 2.45) is 0 Å². The van der Waals surface area contributed by atoms with Gasteiger partial charge in [-0.25, -0.2) is 0 Å². The molecule has 118 valence electrons. The van der Waals surface area contributed by atoms with E-state index in [2.05, 4.69) is 10.00 Å². The highest BCUT2D eigenvalue weighted by Gasteiger charge is 2.21. The van der Waals surface area contributed by atoms with Crippen LogP contribution in [0.15, 0.2) is 53.7 Å². The van der Waals surface area contributed by atoms with Crippen molar-refractivity contribution in [3.63, 3.8) is 0 Å². The molecule has 0 aliphatic carbocycles. The van der Waals surface area contributed by atoms with Crippen molar-refractivity contribution in [1.82, 2.24) is 14.7 Å². The first-order valence-electron chi connectivity index (χ1n) is 7.56. The first kappa shape index (κ1) is 15.4. The van der Waals surface area contributed by atoms with Crippen molar-refractivity contribution in [1.29, 1.82) is 0 Å². The molecule has 1 saturated heterocycles. The minimum atomic E-state index is -0.928. The molecule has 6 heteroatoms. The van der Waals surface area contributed by atoms with E-state index in [1.54, 1.807) is 6.20 Å². The summed E-state index contributed by atoms with van der Waals surface area (Å²) in [5, 5.41) is 4.22. The average Bonchev–Trinajstić information content (AvgIpc) is 3.07. The molecule has 0 radical (unpaired) electrons. The van der Waals surface area contributed by atoms with Crippen LogP contribution in [0.2, 0.25) is 0 Å². The third-order valence-corrected chi connectivity index (χ3v) is 5.12. The molecular formula is C16H21N3O2S. The molecule has 2 heterocycles. The largest absolute Gasteiger partial charge is 0.374 e. The molecule has 3 rings (SSSR count). The van der Waals surface area contributed by atoms with Gasteiger partial charge in [-0.15, -0.1) is 0 Å².